The van der Waals surface area contributed by atoms with Crippen molar-refractivity contribution < 1.29 is 9.53 Å². The molecule has 2 rings (SSSR count). The maximum absolute atomic E-state index is 12.7. The molecule has 0 aliphatic carbocycles. The second-order valence-electron chi connectivity index (χ2n) is 5.68. The molecule has 1 aromatic carbocycles. The van der Waals surface area contributed by atoms with Gasteiger partial charge in [-0.3, -0.25) is 4.79 Å². The number of methoxy groups -OCH3 is 1. The Morgan fingerprint density at radius 2 is 2.14 bits per heavy atom. The molecule has 1 heterocycles. The molecule has 4 heteroatoms. The summed E-state index contributed by atoms with van der Waals surface area (Å²) in [5.41, 5.74) is 0.719. The number of benzene rings is 1. The standard InChI is InChI=1S/C17H26N2O2/c1-3-11-19(13-14-7-9-18-10-8-14)17(20)15-5-4-6-16(12-15)21-2/h4-6,12,14,18H,3,7-11,13H2,1-2H3. The number of amides is 1. The van der Waals surface area contributed by atoms with Gasteiger partial charge in [-0.25, -0.2) is 0 Å². The summed E-state index contributed by atoms with van der Waals surface area (Å²) in [6.07, 6.45) is 3.30. The number of piperidine rings is 1. The lowest BCUT2D eigenvalue weighted by Crippen LogP contribution is -2.39. The van der Waals surface area contributed by atoms with Gasteiger partial charge in [0.2, 0.25) is 0 Å². The fourth-order valence-electron chi connectivity index (χ4n) is 2.86. The quantitative estimate of drug-likeness (QED) is 0.875. The van der Waals surface area contributed by atoms with Gasteiger partial charge in [-0.05, 0) is 56.5 Å². The zero-order chi connectivity index (χ0) is 15.1. The molecule has 0 radical (unpaired) electrons. The minimum Gasteiger partial charge on any atom is -0.497 e. The Morgan fingerprint density at radius 3 is 2.81 bits per heavy atom. The van der Waals surface area contributed by atoms with Crippen molar-refractivity contribution in [2.24, 2.45) is 5.92 Å². The van der Waals surface area contributed by atoms with Crippen molar-refractivity contribution in [3.05, 3.63) is 29.8 Å². The van der Waals surface area contributed by atoms with Crippen LogP contribution in [0.4, 0.5) is 0 Å². The molecule has 1 aliphatic rings. The van der Waals surface area contributed by atoms with E-state index in [2.05, 4.69) is 12.2 Å². The van der Waals surface area contributed by atoms with Crippen LogP contribution in [0.1, 0.15) is 36.5 Å². The first-order valence-corrected chi connectivity index (χ1v) is 7.88. The first kappa shape index (κ1) is 15.8. The Balaban J connectivity index is 2.06. The second-order valence-corrected chi connectivity index (χ2v) is 5.68. The third-order valence-corrected chi connectivity index (χ3v) is 4.03. The van der Waals surface area contributed by atoms with E-state index in [1.165, 1.54) is 0 Å². The summed E-state index contributed by atoms with van der Waals surface area (Å²) < 4.78 is 5.22. The lowest BCUT2D eigenvalue weighted by Gasteiger charge is -2.30. The normalized spacial score (nSPS) is 15.7. The molecule has 21 heavy (non-hydrogen) atoms. The van der Waals surface area contributed by atoms with Gasteiger partial charge in [0.15, 0.2) is 0 Å². The van der Waals surface area contributed by atoms with Crippen LogP contribution in [0, 0.1) is 5.92 Å². The highest BCUT2D eigenvalue weighted by molar-refractivity contribution is 5.94. The molecule has 1 saturated heterocycles. The maximum Gasteiger partial charge on any atom is 0.253 e. The van der Waals surface area contributed by atoms with E-state index in [0.717, 1.165) is 56.8 Å². The van der Waals surface area contributed by atoms with Crippen LogP contribution in [0.15, 0.2) is 24.3 Å². The molecule has 0 saturated carbocycles. The summed E-state index contributed by atoms with van der Waals surface area (Å²) in [5.74, 6) is 1.47. The van der Waals surface area contributed by atoms with E-state index >= 15 is 0 Å². The molecular formula is C17H26N2O2. The van der Waals surface area contributed by atoms with E-state index in [4.69, 9.17) is 4.74 Å². The number of nitrogens with one attached hydrogen (secondary N) is 1. The van der Waals surface area contributed by atoms with Gasteiger partial charge in [0.05, 0.1) is 7.11 Å². The van der Waals surface area contributed by atoms with Gasteiger partial charge >= 0.3 is 0 Å². The van der Waals surface area contributed by atoms with Crippen LogP contribution in [-0.2, 0) is 0 Å². The Morgan fingerprint density at radius 1 is 1.38 bits per heavy atom. The molecular weight excluding hydrogens is 264 g/mol. The van der Waals surface area contributed by atoms with Gasteiger partial charge in [-0.1, -0.05) is 13.0 Å². The highest BCUT2D eigenvalue weighted by Crippen LogP contribution is 2.18. The van der Waals surface area contributed by atoms with Gasteiger partial charge in [0.25, 0.3) is 5.91 Å². The number of ether oxygens (including phenoxy) is 1. The van der Waals surface area contributed by atoms with Gasteiger partial charge in [0, 0.05) is 18.7 Å². The third-order valence-electron chi connectivity index (χ3n) is 4.03. The van der Waals surface area contributed by atoms with Crippen LogP contribution in [0.2, 0.25) is 0 Å². The summed E-state index contributed by atoms with van der Waals surface area (Å²) in [4.78, 5) is 14.7. The van der Waals surface area contributed by atoms with Gasteiger partial charge in [0.1, 0.15) is 5.75 Å². The number of carbonyl (C=O) groups excluding carboxylic acids is 1. The molecule has 0 unspecified atom stereocenters. The SMILES string of the molecule is CCCN(CC1CCNCC1)C(=O)c1cccc(OC)c1. The number of carbonyl (C=O) groups is 1. The van der Waals surface area contributed by atoms with Crippen molar-refractivity contribution in [2.75, 3.05) is 33.3 Å². The molecule has 1 N–H and O–H groups in total. The van der Waals surface area contributed by atoms with Crippen molar-refractivity contribution >= 4 is 5.91 Å². The predicted octanol–water partition coefficient (Wildman–Crippen LogP) is 2.55. The molecule has 1 amide bonds. The topological polar surface area (TPSA) is 41.6 Å². The van der Waals surface area contributed by atoms with Crippen LogP contribution >= 0.6 is 0 Å². The van der Waals surface area contributed by atoms with E-state index in [-0.39, 0.29) is 5.91 Å². The van der Waals surface area contributed by atoms with Crippen LogP contribution in [-0.4, -0.2) is 44.1 Å². The molecule has 1 aliphatic heterocycles. The van der Waals surface area contributed by atoms with E-state index in [1.807, 2.05) is 29.2 Å². The largest absolute Gasteiger partial charge is 0.497 e. The van der Waals surface area contributed by atoms with Gasteiger partial charge < -0.3 is 15.0 Å². The Labute approximate surface area is 127 Å². The first-order valence-electron chi connectivity index (χ1n) is 7.88. The molecule has 1 aromatic rings. The number of nitrogens with zero attached hydrogens (tertiary/aromatic N) is 1. The number of rotatable bonds is 6. The van der Waals surface area contributed by atoms with E-state index in [1.54, 1.807) is 7.11 Å². The van der Waals surface area contributed by atoms with Crippen molar-refractivity contribution in [3.63, 3.8) is 0 Å². The minimum absolute atomic E-state index is 0.120. The van der Waals surface area contributed by atoms with Gasteiger partial charge in [-0.2, -0.15) is 0 Å². The van der Waals surface area contributed by atoms with Crippen LogP contribution in [0.3, 0.4) is 0 Å². The second kappa shape index (κ2) is 8.03. The lowest BCUT2D eigenvalue weighted by molar-refractivity contribution is 0.0716. The zero-order valence-corrected chi connectivity index (χ0v) is 13.1. The molecule has 0 spiro atoms. The summed E-state index contributed by atoms with van der Waals surface area (Å²) in [6, 6.07) is 7.44. The average molecular weight is 290 g/mol. The summed E-state index contributed by atoms with van der Waals surface area (Å²) in [6.45, 7) is 5.94. The van der Waals surface area contributed by atoms with Crippen molar-refractivity contribution in [2.45, 2.75) is 26.2 Å². The molecule has 0 atom stereocenters. The molecule has 0 aromatic heterocycles. The summed E-state index contributed by atoms with van der Waals surface area (Å²) in [7, 11) is 1.63. The minimum atomic E-state index is 0.120. The fraction of sp³-hybridized carbons (Fsp3) is 0.588. The number of hydrogen-bond acceptors (Lipinski definition) is 3. The highest BCUT2D eigenvalue weighted by Gasteiger charge is 2.21. The molecule has 0 bridgehead atoms. The molecule has 1 fully saturated rings. The average Bonchev–Trinajstić information content (AvgIpc) is 2.55. The van der Waals surface area contributed by atoms with E-state index < -0.39 is 0 Å². The lowest BCUT2D eigenvalue weighted by atomic mass is 9.97. The third kappa shape index (κ3) is 4.46. The Kier molecular flexibility index (Phi) is 6.05. The van der Waals surface area contributed by atoms with Crippen molar-refractivity contribution in [1.82, 2.24) is 10.2 Å². The zero-order valence-electron chi connectivity index (χ0n) is 13.1. The Bertz CT molecular complexity index is 456. The predicted molar refractivity (Wildman–Crippen MR) is 84.8 cm³/mol. The van der Waals surface area contributed by atoms with Crippen LogP contribution in [0.25, 0.3) is 0 Å². The first-order chi connectivity index (χ1) is 10.2. The summed E-state index contributed by atoms with van der Waals surface area (Å²) in [5, 5.41) is 3.38. The smallest absolute Gasteiger partial charge is 0.253 e. The highest BCUT2D eigenvalue weighted by atomic mass is 16.5. The van der Waals surface area contributed by atoms with Crippen LogP contribution < -0.4 is 10.1 Å². The molecule has 116 valence electrons. The van der Waals surface area contributed by atoms with E-state index in [9.17, 15) is 4.79 Å². The molecule has 4 nitrogen and oxygen atoms in total. The van der Waals surface area contributed by atoms with Crippen molar-refractivity contribution in [1.29, 1.82) is 0 Å². The van der Waals surface area contributed by atoms with Gasteiger partial charge in [-0.15, -0.1) is 0 Å². The Hall–Kier alpha value is -1.55. The van der Waals surface area contributed by atoms with E-state index in [0.29, 0.717) is 5.92 Å². The monoisotopic (exact) mass is 290 g/mol. The number of hydrogen-bond donors (Lipinski definition) is 1. The summed E-state index contributed by atoms with van der Waals surface area (Å²) >= 11 is 0. The fourth-order valence-corrected chi connectivity index (χ4v) is 2.86. The van der Waals surface area contributed by atoms with Crippen molar-refractivity contribution in [3.8, 4) is 5.75 Å². The van der Waals surface area contributed by atoms with Crippen LogP contribution in [0.5, 0.6) is 5.75 Å². The maximum atomic E-state index is 12.7.